The van der Waals surface area contributed by atoms with Crippen LogP contribution in [-0.4, -0.2) is 15.6 Å². The van der Waals surface area contributed by atoms with Gasteiger partial charge in [0, 0.05) is 30.3 Å². The van der Waals surface area contributed by atoms with Crippen molar-refractivity contribution in [2.45, 2.75) is 26.3 Å². The van der Waals surface area contributed by atoms with Crippen molar-refractivity contribution >= 4 is 11.7 Å². The molecule has 1 heterocycles. The molecule has 0 radical (unpaired) electrons. The minimum Gasteiger partial charge on any atom is -0.334 e. The average Bonchev–Trinajstić information content (AvgIpc) is 3.15. The third-order valence-electron chi connectivity index (χ3n) is 4.03. The standard InChI is InChI=1S/C20H22N4O/c1-15(2)17-5-7-18(8-6-17)23-20(25)22-13-16-3-9-19(10-4-16)24-12-11-21-14-24/h3-12,14-15H,13H2,1-2H3,(H2,22,23,25). The monoisotopic (exact) mass is 334 g/mol. The molecule has 0 aliphatic heterocycles. The Labute approximate surface area is 147 Å². The zero-order valence-electron chi connectivity index (χ0n) is 14.4. The highest BCUT2D eigenvalue weighted by molar-refractivity contribution is 5.89. The third-order valence-corrected chi connectivity index (χ3v) is 4.03. The summed E-state index contributed by atoms with van der Waals surface area (Å²) in [5.74, 6) is 0.480. The summed E-state index contributed by atoms with van der Waals surface area (Å²) >= 11 is 0. The lowest BCUT2D eigenvalue weighted by molar-refractivity contribution is 0.251. The number of amides is 2. The summed E-state index contributed by atoms with van der Waals surface area (Å²) in [6, 6.07) is 15.7. The van der Waals surface area contributed by atoms with Gasteiger partial charge in [0.1, 0.15) is 0 Å². The van der Waals surface area contributed by atoms with Crippen LogP contribution in [0.3, 0.4) is 0 Å². The van der Waals surface area contributed by atoms with Crippen LogP contribution in [0.15, 0.2) is 67.3 Å². The molecule has 0 atom stereocenters. The smallest absolute Gasteiger partial charge is 0.319 e. The van der Waals surface area contributed by atoms with Crippen molar-refractivity contribution in [3.63, 3.8) is 0 Å². The van der Waals surface area contributed by atoms with E-state index < -0.39 is 0 Å². The summed E-state index contributed by atoms with van der Waals surface area (Å²) in [4.78, 5) is 16.1. The molecule has 0 aliphatic carbocycles. The van der Waals surface area contributed by atoms with E-state index in [9.17, 15) is 4.79 Å². The van der Waals surface area contributed by atoms with Gasteiger partial charge in [-0.2, -0.15) is 0 Å². The Kier molecular flexibility index (Phi) is 5.14. The molecule has 3 rings (SSSR count). The third kappa shape index (κ3) is 4.47. The normalized spacial score (nSPS) is 10.7. The molecule has 5 heteroatoms. The van der Waals surface area contributed by atoms with Crippen molar-refractivity contribution in [2.75, 3.05) is 5.32 Å². The first-order chi connectivity index (χ1) is 12.1. The van der Waals surface area contributed by atoms with Gasteiger partial charge in [0.15, 0.2) is 0 Å². The van der Waals surface area contributed by atoms with Crippen molar-refractivity contribution in [1.29, 1.82) is 0 Å². The molecule has 25 heavy (non-hydrogen) atoms. The second-order valence-electron chi connectivity index (χ2n) is 6.22. The quantitative estimate of drug-likeness (QED) is 0.730. The van der Waals surface area contributed by atoms with Gasteiger partial charge in [-0.1, -0.05) is 38.1 Å². The van der Waals surface area contributed by atoms with Gasteiger partial charge in [-0.15, -0.1) is 0 Å². The number of urea groups is 1. The fraction of sp³-hybridized carbons (Fsp3) is 0.200. The number of carbonyl (C=O) groups excluding carboxylic acids is 1. The Morgan fingerprint density at radius 3 is 2.40 bits per heavy atom. The summed E-state index contributed by atoms with van der Waals surface area (Å²) in [6.07, 6.45) is 5.39. The summed E-state index contributed by atoms with van der Waals surface area (Å²) in [5.41, 5.74) is 4.12. The van der Waals surface area contributed by atoms with Crippen molar-refractivity contribution in [1.82, 2.24) is 14.9 Å². The van der Waals surface area contributed by atoms with Gasteiger partial charge in [-0.05, 0) is 41.3 Å². The summed E-state index contributed by atoms with van der Waals surface area (Å²) in [6.45, 7) is 4.76. The summed E-state index contributed by atoms with van der Waals surface area (Å²) < 4.78 is 1.94. The largest absolute Gasteiger partial charge is 0.334 e. The number of hydrogen-bond donors (Lipinski definition) is 2. The summed E-state index contributed by atoms with van der Waals surface area (Å²) in [7, 11) is 0. The molecule has 5 nitrogen and oxygen atoms in total. The fourth-order valence-corrected chi connectivity index (χ4v) is 2.51. The Morgan fingerprint density at radius 1 is 1.08 bits per heavy atom. The number of anilines is 1. The van der Waals surface area contributed by atoms with Gasteiger partial charge in [0.2, 0.25) is 0 Å². The Bertz CT molecular complexity index is 806. The number of aromatic nitrogens is 2. The van der Waals surface area contributed by atoms with Crippen LogP contribution in [0, 0.1) is 0 Å². The first kappa shape index (κ1) is 16.8. The van der Waals surface area contributed by atoms with Crippen LogP contribution < -0.4 is 10.6 Å². The first-order valence-electron chi connectivity index (χ1n) is 8.34. The van der Waals surface area contributed by atoms with E-state index in [1.54, 1.807) is 12.5 Å². The number of benzene rings is 2. The number of imidazole rings is 1. The Balaban J connectivity index is 1.52. The van der Waals surface area contributed by atoms with Crippen LogP contribution in [0.2, 0.25) is 0 Å². The van der Waals surface area contributed by atoms with Crippen molar-refractivity contribution < 1.29 is 4.79 Å². The first-order valence-corrected chi connectivity index (χ1v) is 8.34. The minimum atomic E-state index is -0.212. The van der Waals surface area contributed by atoms with E-state index in [0.29, 0.717) is 12.5 Å². The zero-order valence-corrected chi connectivity index (χ0v) is 14.4. The highest BCUT2D eigenvalue weighted by atomic mass is 16.2. The van der Waals surface area contributed by atoms with Crippen molar-refractivity contribution in [2.24, 2.45) is 0 Å². The van der Waals surface area contributed by atoms with E-state index >= 15 is 0 Å². The van der Waals surface area contributed by atoms with Crippen LogP contribution in [0.25, 0.3) is 5.69 Å². The van der Waals surface area contributed by atoms with Gasteiger partial charge < -0.3 is 15.2 Å². The van der Waals surface area contributed by atoms with Crippen LogP contribution in [0.5, 0.6) is 0 Å². The van der Waals surface area contributed by atoms with Gasteiger partial charge in [0.05, 0.1) is 6.33 Å². The maximum atomic E-state index is 12.0. The number of rotatable bonds is 5. The van der Waals surface area contributed by atoms with E-state index in [1.165, 1.54) is 5.56 Å². The number of nitrogens with one attached hydrogen (secondary N) is 2. The highest BCUT2D eigenvalue weighted by Gasteiger charge is 2.04. The molecule has 0 saturated carbocycles. The van der Waals surface area contributed by atoms with Crippen LogP contribution in [-0.2, 0) is 6.54 Å². The second-order valence-corrected chi connectivity index (χ2v) is 6.22. The molecule has 3 aromatic rings. The molecule has 0 saturated heterocycles. The van der Waals surface area contributed by atoms with Gasteiger partial charge in [-0.25, -0.2) is 9.78 Å². The lowest BCUT2D eigenvalue weighted by Crippen LogP contribution is -2.28. The lowest BCUT2D eigenvalue weighted by atomic mass is 10.0. The SMILES string of the molecule is CC(C)c1ccc(NC(=O)NCc2ccc(-n3ccnc3)cc2)cc1. The Morgan fingerprint density at radius 2 is 1.80 bits per heavy atom. The minimum absolute atomic E-state index is 0.212. The van der Waals surface area contributed by atoms with Crippen molar-refractivity contribution in [3.8, 4) is 5.69 Å². The molecule has 2 aromatic carbocycles. The van der Waals surface area contributed by atoms with Gasteiger partial charge in [0.25, 0.3) is 0 Å². The predicted octanol–water partition coefficient (Wildman–Crippen LogP) is 4.32. The maximum Gasteiger partial charge on any atom is 0.319 e. The van der Waals surface area contributed by atoms with E-state index in [2.05, 4.69) is 29.5 Å². The van der Waals surface area contributed by atoms with E-state index in [0.717, 1.165) is 16.9 Å². The van der Waals surface area contributed by atoms with Crippen LogP contribution in [0.1, 0.15) is 30.9 Å². The summed E-state index contributed by atoms with van der Waals surface area (Å²) in [5, 5.41) is 5.72. The zero-order chi connectivity index (χ0) is 17.6. The average molecular weight is 334 g/mol. The maximum absolute atomic E-state index is 12.0. The van der Waals surface area contributed by atoms with Gasteiger partial charge in [-0.3, -0.25) is 0 Å². The fourth-order valence-electron chi connectivity index (χ4n) is 2.51. The van der Waals surface area contributed by atoms with E-state index in [1.807, 2.05) is 59.3 Å². The number of carbonyl (C=O) groups is 1. The molecule has 0 fully saturated rings. The highest BCUT2D eigenvalue weighted by Crippen LogP contribution is 2.17. The van der Waals surface area contributed by atoms with Gasteiger partial charge >= 0.3 is 6.03 Å². The molecular formula is C20H22N4O. The van der Waals surface area contributed by atoms with Crippen LogP contribution >= 0.6 is 0 Å². The molecule has 1 aromatic heterocycles. The molecule has 0 aliphatic rings. The molecule has 0 unspecified atom stereocenters. The molecule has 0 bridgehead atoms. The molecule has 2 amide bonds. The van der Waals surface area contributed by atoms with E-state index in [-0.39, 0.29) is 6.03 Å². The van der Waals surface area contributed by atoms with Crippen LogP contribution in [0.4, 0.5) is 10.5 Å². The molecule has 0 spiro atoms. The molecule has 128 valence electrons. The number of hydrogen-bond acceptors (Lipinski definition) is 2. The van der Waals surface area contributed by atoms with Crippen molar-refractivity contribution in [3.05, 3.63) is 78.4 Å². The lowest BCUT2D eigenvalue weighted by Gasteiger charge is -2.10. The number of nitrogens with zero attached hydrogens (tertiary/aromatic N) is 2. The predicted molar refractivity (Wildman–Crippen MR) is 100.0 cm³/mol. The Hall–Kier alpha value is -3.08. The molecule has 2 N–H and O–H groups in total. The molecular weight excluding hydrogens is 312 g/mol. The topological polar surface area (TPSA) is 59.0 Å². The van der Waals surface area contributed by atoms with E-state index in [4.69, 9.17) is 0 Å². The second kappa shape index (κ2) is 7.66.